The molecule has 1 saturated carbocycles. The van der Waals surface area contributed by atoms with Crippen LogP contribution < -0.4 is 15.4 Å². The number of benzene rings is 1. The Bertz CT molecular complexity index is 740. The Morgan fingerprint density at radius 3 is 2.62 bits per heavy atom. The Morgan fingerprint density at radius 1 is 1.46 bits per heavy atom. The normalized spacial score (nSPS) is 14.2. The largest absolute Gasteiger partial charge is 0.398 e. The zero-order chi connectivity index (χ0) is 17.9. The Morgan fingerprint density at radius 2 is 2.12 bits per heavy atom. The highest BCUT2D eigenvalue weighted by Gasteiger charge is 2.30. The molecule has 0 aliphatic heterocycles. The first-order valence-corrected chi connectivity index (χ1v) is 9.87. The lowest BCUT2D eigenvalue weighted by atomic mass is 10.0. The van der Waals surface area contributed by atoms with Crippen molar-refractivity contribution in [2.45, 2.75) is 31.6 Å². The van der Waals surface area contributed by atoms with E-state index in [1.807, 2.05) is 6.07 Å². The van der Waals surface area contributed by atoms with Crippen LogP contribution in [0.15, 0.2) is 18.7 Å². The molecule has 132 valence electrons. The van der Waals surface area contributed by atoms with Gasteiger partial charge in [0.25, 0.3) is 0 Å². The number of carbonyl (C=O) groups is 1. The summed E-state index contributed by atoms with van der Waals surface area (Å²) in [6.07, 6.45) is 5.68. The molecule has 0 atom stereocenters. The van der Waals surface area contributed by atoms with Gasteiger partial charge in [0.05, 0.1) is 11.9 Å². The second-order valence-electron chi connectivity index (χ2n) is 6.13. The fourth-order valence-electron chi connectivity index (χ4n) is 2.73. The summed E-state index contributed by atoms with van der Waals surface area (Å²) < 4.78 is 26.0. The third-order valence-electron chi connectivity index (χ3n) is 4.18. The maximum absolute atomic E-state index is 12.3. The molecule has 24 heavy (non-hydrogen) atoms. The number of sulfonamides is 1. The van der Waals surface area contributed by atoms with Crippen molar-refractivity contribution in [2.24, 2.45) is 0 Å². The van der Waals surface area contributed by atoms with Gasteiger partial charge < -0.3 is 11.1 Å². The van der Waals surface area contributed by atoms with E-state index in [1.165, 1.54) is 10.6 Å². The summed E-state index contributed by atoms with van der Waals surface area (Å²) >= 11 is 0. The number of carbonyl (C=O) groups excluding carboxylic acids is 1. The highest BCUT2D eigenvalue weighted by Crippen LogP contribution is 2.46. The molecule has 1 aliphatic carbocycles. The molecular formula is C17H25N3O3S. The molecule has 2 rings (SSSR count). The van der Waals surface area contributed by atoms with E-state index in [-0.39, 0.29) is 18.9 Å². The first-order valence-electron chi connectivity index (χ1n) is 8.02. The predicted molar refractivity (Wildman–Crippen MR) is 98.4 cm³/mol. The van der Waals surface area contributed by atoms with E-state index in [2.05, 4.69) is 11.9 Å². The van der Waals surface area contributed by atoms with Crippen molar-refractivity contribution in [1.29, 1.82) is 0 Å². The van der Waals surface area contributed by atoms with Crippen molar-refractivity contribution in [1.82, 2.24) is 5.32 Å². The molecule has 6 nitrogen and oxygen atoms in total. The molecule has 1 aromatic rings. The number of amides is 1. The molecular weight excluding hydrogens is 326 g/mol. The summed E-state index contributed by atoms with van der Waals surface area (Å²) in [6, 6.07) is 3.65. The van der Waals surface area contributed by atoms with Crippen LogP contribution >= 0.6 is 0 Å². The van der Waals surface area contributed by atoms with Gasteiger partial charge in [-0.15, -0.1) is 0 Å². The standard InChI is InChI=1S/C17H25N3O3S/c1-4-12-10-14(13-7-8-13)16(11-15(12)18)20(24(3,22)23)9-5-6-17(21)19-2/h4,10-11,13H,1,5-9,18H2,2-3H3,(H,19,21). The minimum absolute atomic E-state index is 0.104. The maximum Gasteiger partial charge on any atom is 0.232 e. The maximum atomic E-state index is 12.3. The number of nitrogens with two attached hydrogens (primary N) is 1. The summed E-state index contributed by atoms with van der Waals surface area (Å²) in [5.41, 5.74) is 8.98. The zero-order valence-corrected chi connectivity index (χ0v) is 15.0. The van der Waals surface area contributed by atoms with Crippen LogP contribution in [0.3, 0.4) is 0 Å². The van der Waals surface area contributed by atoms with Crippen LogP contribution in [0.5, 0.6) is 0 Å². The molecule has 1 fully saturated rings. The molecule has 1 amide bonds. The lowest BCUT2D eigenvalue weighted by Gasteiger charge is -2.26. The van der Waals surface area contributed by atoms with Crippen LogP contribution in [0.2, 0.25) is 0 Å². The number of hydrogen-bond donors (Lipinski definition) is 2. The number of rotatable bonds is 8. The van der Waals surface area contributed by atoms with Gasteiger partial charge in [-0.25, -0.2) is 8.42 Å². The number of hydrogen-bond acceptors (Lipinski definition) is 4. The molecule has 1 aromatic carbocycles. The van der Waals surface area contributed by atoms with Crippen molar-refractivity contribution in [2.75, 3.05) is 29.9 Å². The summed E-state index contributed by atoms with van der Waals surface area (Å²) in [5.74, 6) is 0.259. The fraction of sp³-hybridized carbons (Fsp3) is 0.471. The van der Waals surface area contributed by atoms with Crippen LogP contribution in [0, 0.1) is 0 Å². The van der Waals surface area contributed by atoms with Gasteiger partial charge >= 0.3 is 0 Å². The molecule has 0 radical (unpaired) electrons. The van der Waals surface area contributed by atoms with Crippen molar-refractivity contribution < 1.29 is 13.2 Å². The van der Waals surface area contributed by atoms with E-state index in [0.29, 0.717) is 23.7 Å². The van der Waals surface area contributed by atoms with Gasteiger partial charge in [-0.1, -0.05) is 12.7 Å². The van der Waals surface area contributed by atoms with E-state index in [9.17, 15) is 13.2 Å². The first-order chi connectivity index (χ1) is 11.3. The Balaban J connectivity index is 2.37. The molecule has 3 N–H and O–H groups in total. The van der Waals surface area contributed by atoms with E-state index < -0.39 is 10.0 Å². The summed E-state index contributed by atoms with van der Waals surface area (Å²) in [6.45, 7) is 4.01. The summed E-state index contributed by atoms with van der Waals surface area (Å²) in [4.78, 5) is 11.4. The zero-order valence-electron chi connectivity index (χ0n) is 14.2. The quantitative estimate of drug-likeness (QED) is 0.701. The van der Waals surface area contributed by atoms with E-state index in [1.54, 1.807) is 19.2 Å². The van der Waals surface area contributed by atoms with Gasteiger partial charge in [-0.2, -0.15) is 0 Å². The van der Waals surface area contributed by atoms with Gasteiger partial charge in [-0.05, 0) is 48.4 Å². The molecule has 0 saturated heterocycles. The van der Waals surface area contributed by atoms with E-state index in [0.717, 1.165) is 24.0 Å². The number of nitrogens with zero attached hydrogens (tertiary/aromatic N) is 1. The Hall–Kier alpha value is -2.02. The highest BCUT2D eigenvalue weighted by atomic mass is 32.2. The van der Waals surface area contributed by atoms with Crippen molar-refractivity contribution in [3.63, 3.8) is 0 Å². The molecule has 1 aliphatic rings. The lowest BCUT2D eigenvalue weighted by Crippen LogP contribution is -2.32. The van der Waals surface area contributed by atoms with E-state index in [4.69, 9.17) is 5.73 Å². The first kappa shape index (κ1) is 18.3. The van der Waals surface area contributed by atoms with Crippen LogP contribution in [0.1, 0.15) is 42.7 Å². The second-order valence-corrected chi connectivity index (χ2v) is 8.04. The average molecular weight is 351 g/mol. The van der Waals surface area contributed by atoms with E-state index >= 15 is 0 Å². The topological polar surface area (TPSA) is 92.5 Å². The number of nitrogens with one attached hydrogen (secondary N) is 1. The molecule has 0 aromatic heterocycles. The smallest absolute Gasteiger partial charge is 0.232 e. The number of anilines is 2. The third kappa shape index (κ3) is 4.29. The Labute approximate surface area is 143 Å². The van der Waals surface area contributed by atoms with Gasteiger partial charge in [0.15, 0.2) is 0 Å². The minimum atomic E-state index is -3.47. The minimum Gasteiger partial charge on any atom is -0.398 e. The fourth-order valence-corrected chi connectivity index (χ4v) is 3.70. The van der Waals surface area contributed by atoms with Gasteiger partial charge in [0, 0.05) is 25.7 Å². The molecule has 0 bridgehead atoms. The average Bonchev–Trinajstić information content (AvgIpc) is 3.34. The molecule has 7 heteroatoms. The second kappa shape index (κ2) is 7.25. The molecule has 0 heterocycles. The van der Waals surface area contributed by atoms with Crippen molar-refractivity contribution in [3.8, 4) is 0 Å². The Kier molecular flexibility index (Phi) is 5.54. The monoisotopic (exact) mass is 351 g/mol. The summed E-state index contributed by atoms with van der Waals surface area (Å²) in [7, 11) is -1.90. The lowest BCUT2D eigenvalue weighted by molar-refractivity contribution is -0.120. The van der Waals surface area contributed by atoms with Crippen LogP contribution in [0.25, 0.3) is 6.08 Å². The van der Waals surface area contributed by atoms with Crippen LogP contribution in [-0.2, 0) is 14.8 Å². The van der Waals surface area contributed by atoms with Crippen LogP contribution in [0.4, 0.5) is 11.4 Å². The molecule has 0 unspecified atom stereocenters. The summed E-state index contributed by atoms with van der Waals surface area (Å²) in [5, 5.41) is 2.54. The van der Waals surface area contributed by atoms with Crippen LogP contribution in [-0.4, -0.2) is 34.2 Å². The van der Waals surface area contributed by atoms with Gasteiger partial charge in [-0.3, -0.25) is 9.10 Å². The number of nitrogen functional groups attached to an aromatic ring is 1. The van der Waals surface area contributed by atoms with Gasteiger partial charge in [0.1, 0.15) is 0 Å². The van der Waals surface area contributed by atoms with Crippen molar-refractivity contribution >= 4 is 33.4 Å². The third-order valence-corrected chi connectivity index (χ3v) is 5.36. The SMILES string of the molecule is C=Cc1cc(C2CC2)c(N(CCCC(=O)NC)S(C)(=O)=O)cc1N. The predicted octanol–water partition coefficient (Wildman–Crippen LogP) is 2.08. The molecule has 0 spiro atoms. The van der Waals surface area contributed by atoms with Gasteiger partial charge in [0.2, 0.25) is 15.9 Å². The highest BCUT2D eigenvalue weighted by molar-refractivity contribution is 7.92. The van der Waals surface area contributed by atoms with Crippen molar-refractivity contribution in [3.05, 3.63) is 29.8 Å².